The smallest absolute Gasteiger partial charge is 0.0158 e. The summed E-state index contributed by atoms with van der Waals surface area (Å²) in [4.78, 5) is 0. The van der Waals surface area contributed by atoms with Crippen LogP contribution in [0.25, 0.3) is 0 Å². The van der Waals surface area contributed by atoms with Crippen LogP contribution in [0, 0.1) is 0 Å². The molecule has 0 amide bonds. The van der Waals surface area contributed by atoms with Gasteiger partial charge < -0.3 is 5.32 Å². The standard InChI is InChI=1S/C14H27NS/c1-12(2)9-10-13(15-3)11-16-14-7-5-4-6-8-14/h13-15H,1,4-11H2,2-3H3. The largest absolute Gasteiger partial charge is 0.316 e. The molecule has 94 valence electrons. The molecule has 1 atom stereocenters. The molecule has 2 heteroatoms. The highest BCUT2D eigenvalue weighted by atomic mass is 32.2. The molecule has 1 aliphatic rings. The Morgan fingerprint density at radius 2 is 2.06 bits per heavy atom. The van der Waals surface area contributed by atoms with Crippen LogP contribution in [0.15, 0.2) is 12.2 Å². The van der Waals surface area contributed by atoms with Crippen molar-refractivity contribution >= 4 is 11.8 Å². The zero-order valence-electron chi connectivity index (χ0n) is 10.9. The number of nitrogens with one attached hydrogen (secondary N) is 1. The molecular formula is C14H27NS. The minimum Gasteiger partial charge on any atom is -0.316 e. The summed E-state index contributed by atoms with van der Waals surface area (Å²) in [5.74, 6) is 1.27. The summed E-state index contributed by atoms with van der Waals surface area (Å²) >= 11 is 2.19. The lowest BCUT2D eigenvalue weighted by Crippen LogP contribution is -2.28. The Balaban J connectivity index is 2.14. The van der Waals surface area contributed by atoms with Gasteiger partial charge in [-0.05, 0) is 39.7 Å². The topological polar surface area (TPSA) is 12.0 Å². The predicted octanol–water partition coefficient (Wildman–Crippen LogP) is 4.00. The molecule has 0 aromatic rings. The van der Waals surface area contributed by atoms with Gasteiger partial charge in [0.15, 0.2) is 0 Å². The van der Waals surface area contributed by atoms with Gasteiger partial charge in [0, 0.05) is 17.0 Å². The Hall–Kier alpha value is 0.0500. The highest BCUT2D eigenvalue weighted by Crippen LogP contribution is 2.29. The monoisotopic (exact) mass is 241 g/mol. The highest BCUT2D eigenvalue weighted by Gasteiger charge is 2.15. The molecule has 0 aliphatic heterocycles. The maximum Gasteiger partial charge on any atom is 0.0158 e. The molecule has 0 aromatic carbocycles. The Bertz CT molecular complexity index is 197. The van der Waals surface area contributed by atoms with E-state index in [2.05, 4.69) is 37.6 Å². The lowest BCUT2D eigenvalue weighted by atomic mass is 10.0. The summed E-state index contributed by atoms with van der Waals surface area (Å²) in [5.41, 5.74) is 1.31. The van der Waals surface area contributed by atoms with E-state index in [4.69, 9.17) is 0 Å². The van der Waals surface area contributed by atoms with Crippen molar-refractivity contribution in [1.82, 2.24) is 5.32 Å². The van der Waals surface area contributed by atoms with Crippen molar-refractivity contribution in [3.63, 3.8) is 0 Å². The van der Waals surface area contributed by atoms with Crippen LogP contribution < -0.4 is 5.32 Å². The van der Waals surface area contributed by atoms with E-state index in [0.29, 0.717) is 6.04 Å². The molecular weight excluding hydrogens is 214 g/mol. The van der Waals surface area contributed by atoms with Crippen molar-refractivity contribution in [2.45, 2.75) is 63.2 Å². The molecule has 0 aromatic heterocycles. The molecule has 1 rings (SSSR count). The van der Waals surface area contributed by atoms with Gasteiger partial charge in [-0.1, -0.05) is 24.8 Å². The summed E-state index contributed by atoms with van der Waals surface area (Å²) in [7, 11) is 2.09. The maximum atomic E-state index is 3.98. The molecule has 0 heterocycles. The van der Waals surface area contributed by atoms with Gasteiger partial charge in [-0.2, -0.15) is 11.8 Å². The minimum atomic E-state index is 0.670. The molecule has 1 unspecified atom stereocenters. The van der Waals surface area contributed by atoms with Crippen LogP contribution in [0.5, 0.6) is 0 Å². The summed E-state index contributed by atoms with van der Waals surface area (Å²) in [6.07, 6.45) is 9.66. The lowest BCUT2D eigenvalue weighted by Gasteiger charge is -2.24. The van der Waals surface area contributed by atoms with E-state index in [1.54, 1.807) is 0 Å². The highest BCUT2D eigenvalue weighted by molar-refractivity contribution is 7.99. The first-order chi connectivity index (χ1) is 7.72. The van der Waals surface area contributed by atoms with Crippen LogP contribution >= 0.6 is 11.8 Å². The number of hydrogen-bond acceptors (Lipinski definition) is 2. The zero-order valence-corrected chi connectivity index (χ0v) is 11.7. The van der Waals surface area contributed by atoms with Crippen LogP contribution in [-0.2, 0) is 0 Å². The second-order valence-electron chi connectivity index (χ2n) is 5.07. The van der Waals surface area contributed by atoms with Crippen molar-refractivity contribution in [2.75, 3.05) is 12.8 Å². The second kappa shape index (κ2) is 8.19. The third-order valence-electron chi connectivity index (χ3n) is 3.41. The molecule has 1 fully saturated rings. The molecule has 1 saturated carbocycles. The summed E-state index contributed by atoms with van der Waals surface area (Å²) in [5, 5.41) is 4.37. The maximum absolute atomic E-state index is 3.98. The van der Waals surface area contributed by atoms with E-state index in [9.17, 15) is 0 Å². The summed E-state index contributed by atoms with van der Waals surface area (Å²) in [6.45, 7) is 6.10. The van der Waals surface area contributed by atoms with Gasteiger partial charge in [0.25, 0.3) is 0 Å². The number of allylic oxidation sites excluding steroid dienone is 1. The molecule has 0 bridgehead atoms. The van der Waals surface area contributed by atoms with Crippen molar-refractivity contribution in [1.29, 1.82) is 0 Å². The van der Waals surface area contributed by atoms with E-state index in [1.807, 2.05) is 0 Å². The Morgan fingerprint density at radius 3 is 2.62 bits per heavy atom. The third-order valence-corrected chi connectivity index (χ3v) is 4.95. The van der Waals surface area contributed by atoms with Gasteiger partial charge in [-0.25, -0.2) is 0 Å². The SMILES string of the molecule is C=C(C)CCC(CSC1CCCCC1)NC. The van der Waals surface area contributed by atoms with Gasteiger partial charge in [-0.3, -0.25) is 0 Å². The van der Waals surface area contributed by atoms with Gasteiger partial charge in [0.1, 0.15) is 0 Å². The molecule has 0 radical (unpaired) electrons. The Kier molecular flexibility index (Phi) is 7.22. The van der Waals surface area contributed by atoms with Crippen molar-refractivity contribution < 1.29 is 0 Å². The van der Waals surface area contributed by atoms with Crippen LogP contribution in [0.4, 0.5) is 0 Å². The molecule has 0 spiro atoms. The third kappa shape index (κ3) is 5.95. The fraction of sp³-hybridized carbons (Fsp3) is 0.857. The van der Waals surface area contributed by atoms with Crippen LogP contribution in [0.3, 0.4) is 0 Å². The van der Waals surface area contributed by atoms with Gasteiger partial charge in [-0.15, -0.1) is 6.58 Å². The summed E-state index contributed by atoms with van der Waals surface area (Å²) < 4.78 is 0. The van der Waals surface area contributed by atoms with E-state index in [-0.39, 0.29) is 0 Å². The van der Waals surface area contributed by atoms with Crippen LogP contribution in [-0.4, -0.2) is 24.1 Å². The first-order valence-corrected chi connectivity index (χ1v) is 7.70. The Morgan fingerprint density at radius 1 is 1.38 bits per heavy atom. The lowest BCUT2D eigenvalue weighted by molar-refractivity contribution is 0.513. The first-order valence-electron chi connectivity index (χ1n) is 6.65. The van der Waals surface area contributed by atoms with E-state index < -0.39 is 0 Å². The van der Waals surface area contributed by atoms with E-state index in [0.717, 1.165) is 11.7 Å². The number of thioether (sulfide) groups is 1. The van der Waals surface area contributed by atoms with Crippen LogP contribution in [0.1, 0.15) is 51.9 Å². The Labute approximate surface area is 105 Å². The fourth-order valence-electron chi connectivity index (χ4n) is 2.22. The fourth-order valence-corrected chi connectivity index (χ4v) is 3.72. The molecule has 16 heavy (non-hydrogen) atoms. The number of hydrogen-bond donors (Lipinski definition) is 1. The zero-order chi connectivity index (χ0) is 11.8. The average Bonchev–Trinajstić information content (AvgIpc) is 2.30. The van der Waals surface area contributed by atoms with Gasteiger partial charge >= 0.3 is 0 Å². The van der Waals surface area contributed by atoms with Crippen LogP contribution in [0.2, 0.25) is 0 Å². The molecule has 1 N–H and O–H groups in total. The number of rotatable bonds is 7. The average molecular weight is 241 g/mol. The minimum absolute atomic E-state index is 0.670. The van der Waals surface area contributed by atoms with Gasteiger partial charge in [0.2, 0.25) is 0 Å². The van der Waals surface area contributed by atoms with Crippen molar-refractivity contribution in [3.8, 4) is 0 Å². The van der Waals surface area contributed by atoms with Crippen molar-refractivity contribution in [3.05, 3.63) is 12.2 Å². The molecule has 1 aliphatic carbocycles. The summed E-state index contributed by atoms with van der Waals surface area (Å²) in [6, 6.07) is 0.670. The first kappa shape index (κ1) is 14.1. The van der Waals surface area contributed by atoms with Crippen molar-refractivity contribution in [2.24, 2.45) is 0 Å². The normalized spacial score (nSPS) is 19.6. The van der Waals surface area contributed by atoms with Gasteiger partial charge in [0.05, 0.1) is 0 Å². The second-order valence-corrected chi connectivity index (χ2v) is 6.41. The quantitative estimate of drug-likeness (QED) is 0.676. The molecule has 1 nitrogen and oxygen atoms in total. The van der Waals surface area contributed by atoms with E-state index in [1.165, 1.54) is 49.9 Å². The van der Waals surface area contributed by atoms with E-state index >= 15 is 0 Å². The molecule has 0 saturated heterocycles. The predicted molar refractivity (Wildman–Crippen MR) is 76.2 cm³/mol.